The number of amides is 10. The lowest BCUT2D eigenvalue weighted by molar-refractivity contribution is -0.142. The summed E-state index contributed by atoms with van der Waals surface area (Å²) in [7, 11) is 2.29. The summed E-state index contributed by atoms with van der Waals surface area (Å²) in [6.45, 7) is 4.64. The Morgan fingerprint density at radius 2 is 1.33 bits per heavy atom. The number of aliphatic carboxylic acids is 1. The van der Waals surface area contributed by atoms with Gasteiger partial charge in [-0.05, 0) is 74.2 Å². The Kier molecular flexibility index (Phi) is 26.9. The molecule has 2 aliphatic heterocycles. The zero-order valence-electron chi connectivity index (χ0n) is 42.3. The van der Waals surface area contributed by atoms with Crippen LogP contribution >= 0.6 is 21.6 Å². The number of primary amides is 2. The lowest BCUT2D eigenvalue weighted by atomic mass is 9.99. The van der Waals surface area contributed by atoms with Gasteiger partial charge in [-0.15, -0.1) is 0 Å². The van der Waals surface area contributed by atoms with Crippen molar-refractivity contribution in [3.63, 3.8) is 0 Å². The fourth-order valence-corrected chi connectivity index (χ4v) is 10.1. The summed E-state index contributed by atoms with van der Waals surface area (Å²) in [5.41, 5.74) is 17.7. The van der Waals surface area contributed by atoms with Gasteiger partial charge in [0.15, 0.2) is 0 Å². The van der Waals surface area contributed by atoms with Gasteiger partial charge in [0, 0.05) is 44.2 Å². The van der Waals surface area contributed by atoms with Gasteiger partial charge < -0.3 is 69.5 Å². The predicted octanol–water partition coefficient (Wildman–Crippen LogP) is -1.39. The second-order valence-corrected chi connectivity index (χ2v) is 20.9. The highest BCUT2D eigenvalue weighted by Gasteiger charge is 2.40. The molecule has 0 spiro atoms. The lowest BCUT2D eigenvalue weighted by Crippen LogP contribution is -2.61. The SMILES string of the molecule is CC(=O)O.CC(C)C[C@@H]1NC(=O)[C@H](Cc2ccccc2)NC(=O)[C@H](Cc2ccc(O)cc2)NC(=O)CCSSC[C@@H](C(=O)N2CCC[C@H]2C(=O)N[C@@H](CCCCN)C(=O)NCC(N)=O)NC(=O)[C@H](CC(N)=O)NC1=O. The van der Waals surface area contributed by atoms with E-state index in [2.05, 4.69) is 37.2 Å². The molecule has 0 aliphatic carbocycles. The maximum Gasteiger partial charge on any atom is 0.300 e. The van der Waals surface area contributed by atoms with Gasteiger partial charge in [-0.25, -0.2) is 0 Å². The Bertz CT molecular complexity index is 2290. The molecular weight excluding hydrogens is 1010 g/mol. The van der Waals surface area contributed by atoms with Crippen molar-refractivity contribution in [1.29, 1.82) is 0 Å². The van der Waals surface area contributed by atoms with E-state index >= 15 is 0 Å². The largest absolute Gasteiger partial charge is 0.508 e. The first-order valence-corrected chi connectivity index (χ1v) is 27.0. The molecular formula is C49H71N11O13S2. The summed E-state index contributed by atoms with van der Waals surface area (Å²) in [4.78, 5) is 146. The molecule has 0 radical (unpaired) electrons. The maximum atomic E-state index is 14.5. The number of nitrogens with zero attached hydrogens (tertiary/aromatic N) is 1. The molecule has 2 fully saturated rings. The van der Waals surface area contributed by atoms with E-state index < -0.39 is 120 Å². The molecule has 0 saturated carbocycles. The molecule has 15 N–H and O–H groups in total. The number of phenols is 1. The molecule has 26 heteroatoms. The molecule has 2 heterocycles. The number of phenolic OH excluding ortho intramolecular Hbond substituents is 1. The normalized spacial score (nSPS) is 21.6. The highest BCUT2D eigenvalue weighted by Crippen LogP contribution is 2.26. The number of unbranched alkanes of at least 4 members (excludes halogenated alkanes) is 1. The number of rotatable bonds is 18. The van der Waals surface area contributed by atoms with Crippen LogP contribution in [0.2, 0.25) is 0 Å². The van der Waals surface area contributed by atoms with Crippen LogP contribution in [0.4, 0.5) is 0 Å². The maximum absolute atomic E-state index is 14.5. The van der Waals surface area contributed by atoms with Crippen molar-refractivity contribution in [2.24, 2.45) is 23.1 Å². The standard InChI is InChI=1S/C47H67N11O11S2.C2H4O2/c1-27(2)21-32-42(64)56-35(24-38(49)60)45(67)57-36(47(69)58-19-8-12-37(58)46(68)53-31(11-6-7-18-48)41(63)51-25-39(50)61)26-71-70-20-17-40(62)52-33(23-29-13-15-30(59)16-14-29)43(65)55-34(44(66)54-32)22-28-9-4-3-5-10-28;1-2(3)4/h3-5,9-10,13-16,27,31-37,59H,6-8,11-12,17-26,48H2,1-2H3,(H2,49,60)(H2,50,61)(H,51,63)(H,52,62)(H,53,68)(H,54,66)(H,55,65)(H,56,64)(H,57,67);1H3,(H,3,4)/t31-,32-,33-,34-,35-,36-,37-;/m0./s1. The number of aromatic hydroxyl groups is 1. The molecule has 2 aromatic rings. The van der Waals surface area contributed by atoms with E-state index in [1.165, 1.54) is 27.8 Å². The topological polar surface area (TPSA) is 394 Å². The van der Waals surface area contributed by atoms with Gasteiger partial charge in [-0.1, -0.05) is 77.9 Å². The Balaban J connectivity index is 0.00000357. The Hall–Kier alpha value is -6.93. The second-order valence-electron chi connectivity index (χ2n) is 18.3. The number of hydrogen-bond donors (Lipinski definition) is 12. The van der Waals surface area contributed by atoms with Gasteiger partial charge in [0.25, 0.3) is 5.97 Å². The second kappa shape index (κ2) is 32.4. The van der Waals surface area contributed by atoms with Crippen LogP contribution in [0.25, 0.3) is 0 Å². The van der Waals surface area contributed by atoms with E-state index in [1.54, 1.807) is 56.3 Å². The molecule has 75 heavy (non-hydrogen) atoms. The van der Waals surface area contributed by atoms with Crippen LogP contribution < -0.4 is 54.4 Å². The minimum atomic E-state index is -1.64. The number of hydrogen-bond acceptors (Lipinski definition) is 15. The number of carboxylic acid groups (broad SMARTS) is 1. The highest BCUT2D eigenvalue weighted by atomic mass is 33.1. The molecule has 7 atom stereocenters. The van der Waals surface area contributed by atoms with E-state index in [1.807, 2.05) is 0 Å². The van der Waals surface area contributed by atoms with Crippen molar-refractivity contribution in [1.82, 2.24) is 42.1 Å². The molecule has 4 rings (SSSR count). The van der Waals surface area contributed by atoms with Gasteiger partial charge >= 0.3 is 0 Å². The molecule has 2 aliphatic rings. The summed E-state index contributed by atoms with van der Waals surface area (Å²) < 4.78 is 0. The smallest absolute Gasteiger partial charge is 0.300 e. The summed E-state index contributed by atoms with van der Waals surface area (Å²) >= 11 is 0. The van der Waals surface area contributed by atoms with E-state index in [9.17, 15) is 53.1 Å². The number of carbonyl (C=O) groups is 11. The average Bonchev–Trinajstić information content (AvgIpc) is 3.84. The fourth-order valence-electron chi connectivity index (χ4n) is 7.92. The Labute approximate surface area is 443 Å². The van der Waals surface area contributed by atoms with Crippen LogP contribution in [-0.4, -0.2) is 154 Å². The van der Waals surface area contributed by atoms with Gasteiger partial charge in [0.2, 0.25) is 59.1 Å². The molecule has 0 aromatic heterocycles. The number of nitrogens with two attached hydrogens (primary N) is 3. The van der Waals surface area contributed by atoms with Crippen LogP contribution in [-0.2, 0) is 65.6 Å². The van der Waals surface area contributed by atoms with Crippen molar-refractivity contribution in [3.8, 4) is 5.75 Å². The first-order chi connectivity index (χ1) is 35.6. The molecule has 2 aromatic carbocycles. The third kappa shape index (κ3) is 23.0. The van der Waals surface area contributed by atoms with Gasteiger partial charge in [-0.3, -0.25) is 52.7 Å². The van der Waals surface area contributed by atoms with Crippen LogP contribution in [0.15, 0.2) is 54.6 Å². The van der Waals surface area contributed by atoms with Crippen molar-refractivity contribution >= 4 is 86.6 Å². The van der Waals surface area contributed by atoms with E-state index in [0.29, 0.717) is 36.9 Å². The van der Waals surface area contributed by atoms with Crippen molar-refractivity contribution in [3.05, 3.63) is 65.7 Å². The van der Waals surface area contributed by atoms with Crippen LogP contribution in [0.3, 0.4) is 0 Å². The van der Waals surface area contributed by atoms with E-state index in [-0.39, 0.29) is 68.2 Å². The van der Waals surface area contributed by atoms with Crippen molar-refractivity contribution in [2.45, 2.75) is 127 Å². The average molecular weight is 1090 g/mol. The fraction of sp³-hybridized carbons (Fsp3) is 0.531. The summed E-state index contributed by atoms with van der Waals surface area (Å²) in [6.07, 6.45) is 0.962. The predicted molar refractivity (Wildman–Crippen MR) is 279 cm³/mol. The quantitative estimate of drug-likeness (QED) is 0.0604. The number of likely N-dealkylation sites (tertiary alicyclic amines) is 1. The van der Waals surface area contributed by atoms with E-state index in [4.69, 9.17) is 27.1 Å². The molecule has 24 nitrogen and oxygen atoms in total. The number of carboxylic acids is 1. The van der Waals surface area contributed by atoms with Gasteiger partial charge in [-0.2, -0.15) is 0 Å². The minimum absolute atomic E-state index is 0.00810. The van der Waals surface area contributed by atoms with Crippen LogP contribution in [0.5, 0.6) is 5.75 Å². The molecule has 0 bridgehead atoms. The Morgan fingerprint density at radius 1 is 0.760 bits per heavy atom. The number of benzene rings is 2. The number of carbonyl (C=O) groups excluding carboxylic acids is 10. The molecule has 412 valence electrons. The summed E-state index contributed by atoms with van der Waals surface area (Å²) in [6, 6.07) is 5.88. The first kappa shape index (κ1) is 62.4. The lowest BCUT2D eigenvalue weighted by Gasteiger charge is -2.31. The Morgan fingerprint density at radius 3 is 1.93 bits per heavy atom. The third-order valence-electron chi connectivity index (χ3n) is 11.5. The van der Waals surface area contributed by atoms with Gasteiger partial charge in [0.1, 0.15) is 48.0 Å². The van der Waals surface area contributed by atoms with Crippen molar-refractivity contribution < 1.29 is 63.0 Å². The summed E-state index contributed by atoms with van der Waals surface area (Å²) in [5, 5.41) is 35.9. The molecule has 0 unspecified atom stereocenters. The summed E-state index contributed by atoms with van der Waals surface area (Å²) in [5.74, 6) is -8.60. The zero-order valence-corrected chi connectivity index (χ0v) is 43.9. The molecule has 10 amide bonds. The van der Waals surface area contributed by atoms with E-state index in [0.717, 1.165) is 17.7 Å². The zero-order chi connectivity index (χ0) is 55.6. The minimum Gasteiger partial charge on any atom is -0.508 e. The third-order valence-corrected chi connectivity index (χ3v) is 13.9. The first-order valence-electron chi connectivity index (χ1n) is 24.5. The van der Waals surface area contributed by atoms with Gasteiger partial charge in [0.05, 0.1) is 13.0 Å². The van der Waals surface area contributed by atoms with Crippen LogP contribution in [0, 0.1) is 5.92 Å². The van der Waals surface area contributed by atoms with Crippen molar-refractivity contribution in [2.75, 3.05) is 31.1 Å². The monoisotopic (exact) mass is 1090 g/mol. The highest BCUT2D eigenvalue weighted by molar-refractivity contribution is 8.76. The van der Waals surface area contributed by atoms with Crippen LogP contribution in [0.1, 0.15) is 83.3 Å². The number of nitrogens with one attached hydrogen (secondary N) is 7. The molecule has 2 saturated heterocycles.